The molecule has 0 aliphatic carbocycles. The van der Waals surface area contributed by atoms with E-state index in [4.69, 9.17) is 4.74 Å². The van der Waals surface area contributed by atoms with Gasteiger partial charge in [0.25, 0.3) is 0 Å². The van der Waals surface area contributed by atoms with Gasteiger partial charge in [-0.05, 0) is 32.9 Å². The Labute approximate surface area is 121 Å². The van der Waals surface area contributed by atoms with Crippen molar-refractivity contribution in [2.75, 3.05) is 26.8 Å². The van der Waals surface area contributed by atoms with Crippen LogP contribution in [0.15, 0.2) is 0 Å². The third-order valence-corrected chi connectivity index (χ3v) is 3.61. The van der Waals surface area contributed by atoms with E-state index in [2.05, 4.69) is 12.2 Å². The van der Waals surface area contributed by atoms with E-state index in [9.17, 15) is 0 Å². The zero-order valence-electron chi connectivity index (χ0n) is 13.5. The van der Waals surface area contributed by atoms with Gasteiger partial charge in [0, 0.05) is 13.2 Å². The molecule has 0 aliphatic rings. The summed E-state index contributed by atoms with van der Waals surface area (Å²) >= 11 is 0. The molecule has 0 spiro atoms. The molecule has 0 bridgehead atoms. The van der Waals surface area contributed by atoms with Crippen LogP contribution in [0, 0.1) is 0 Å². The van der Waals surface area contributed by atoms with Gasteiger partial charge in [-0.1, -0.05) is 64.7 Å². The van der Waals surface area contributed by atoms with Gasteiger partial charge >= 0.3 is 0 Å². The predicted molar refractivity (Wildman–Crippen MR) is 85.8 cm³/mol. The summed E-state index contributed by atoms with van der Waals surface area (Å²) in [6.45, 7) is 5.39. The molecule has 1 N–H and O–H groups in total. The summed E-state index contributed by atoms with van der Waals surface area (Å²) in [5.41, 5.74) is 0. The highest BCUT2D eigenvalue weighted by atomic mass is 16.5. The van der Waals surface area contributed by atoms with Crippen LogP contribution in [0.2, 0.25) is 0 Å². The van der Waals surface area contributed by atoms with Crippen molar-refractivity contribution in [3.8, 4) is 0 Å². The van der Waals surface area contributed by atoms with Crippen LogP contribution in [0.3, 0.4) is 0 Å². The summed E-state index contributed by atoms with van der Waals surface area (Å²) in [7, 11) is 2.03. The van der Waals surface area contributed by atoms with Gasteiger partial charge in [-0.2, -0.15) is 0 Å². The van der Waals surface area contributed by atoms with Crippen LogP contribution < -0.4 is 5.32 Å². The summed E-state index contributed by atoms with van der Waals surface area (Å²) in [6, 6.07) is 0. The van der Waals surface area contributed by atoms with Crippen LogP contribution in [0.4, 0.5) is 0 Å². The van der Waals surface area contributed by atoms with Crippen LogP contribution in [0.25, 0.3) is 0 Å². The molecule has 0 radical (unpaired) electrons. The second-order valence-corrected chi connectivity index (χ2v) is 5.61. The maximum absolute atomic E-state index is 5.68. The van der Waals surface area contributed by atoms with E-state index in [1.54, 1.807) is 0 Å². The molecule has 0 aromatic heterocycles. The summed E-state index contributed by atoms with van der Waals surface area (Å²) in [5.74, 6) is 0. The zero-order valence-corrected chi connectivity index (χ0v) is 13.5. The maximum atomic E-state index is 5.68. The van der Waals surface area contributed by atoms with E-state index in [0.29, 0.717) is 0 Å². The summed E-state index contributed by atoms with van der Waals surface area (Å²) < 4.78 is 5.68. The average Bonchev–Trinajstić information content (AvgIpc) is 2.43. The van der Waals surface area contributed by atoms with Crippen molar-refractivity contribution in [2.24, 2.45) is 0 Å². The van der Waals surface area contributed by atoms with Gasteiger partial charge in [0.05, 0.1) is 0 Å². The van der Waals surface area contributed by atoms with E-state index in [1.807, 2.05) is 7.05 Å². The standard InChI is InChI=1S/C17H37NO/c1-3-4-5-6-10-13-16-19-17-14-11-8-7-9-12-15-18-2/h18H,3-17H2,1-2H3. The predicted octanol–water partition coefficient (Wildman–Crippen LogP) is 4.92. The molecule has 0 heterocycles. The highest BCUT2D eigenvalue weighted by Gasteiger charge is 1.93. The van der Waals surface area contributed by atoms with Gasteiger partial charge in [0.1, 0.15) is 0 Å². The summed E-state index contributed by atoms with van der Waals surface area (Å²) in [5, 5.41) is 3.19. The summed E-state index contributed by atoms with van der Waals surface area (Å²) in [4.78, 5) is 0. The quantitative estimate of drug-likeness (QED) is 0.402. The molecule has 0 rings (SSSR count). The van der Waals surface area contributed by atoms with Crippen LogP contribution in [0.1, 0.15) is 84.0 Å². The Morgan fingerprint density at radius 1 is 0.632 bits per heavy atom. The van der Waals surface area contributed by atoms with Crippen LogP contribution in [-0.4, -0.2) is 26.8 Å². The number of hydrogen-bond acceptors (Lipinski definition) is 2. The molecule has 19 heavy (non-hydrogen) atoms. The normalized spacial score (nSPS) is 11.1. The lowest BCUT2D eigenvalue weighted by molar-refractivity contribution is 0.125. The molecule has 0 unspecified atom stereocenters. The van der Waals surface area contributed by atoms with Crippen LogP contribution >= 0.6 is 0 Å². The Hall–Kier alpha value is -0.0800. The minimum Gasteiger partial charge on any atom is -0.381 e. The first-order valence-electron chi connectivity index (χ1n) is 8.64. The largest absolute Gasteiger partial charge is 0.381 e. The number of unbranched alkanes of at least 4 members (excludes halogenated alkanes) is 10. The number of nitrogens with one attached hydrogen (secondary N) is 1. The first-order chi connectivity index (χ1) is 9.41. The van der Waals surface area contributed by atoms with E-state index >= 15 is 0 Å². The second-order valence-electron chi connectivity index (χ2n) is 5.61. The molecule has 2 nitrogen and oxygen atoms in total. The van der Waals surface area contributed by atoms with E-state index in [0.717, 1.165) is 13.2 Å². The van der Waals surface area contributed by atoms with E-state index in [1.165, 1.54) is 83.6 Å². The molecule has 0 aromatic carbocycles. The molecular formula is C17H37NO. The van der Waals surface area contributed by atoms with Crippen molar-refractivity contribution in [1.82, 2.24) is 5.32 Å². The SMILES string of the molecule is CCCCCCCCOCCCCCCCCNC. The molecule has 0 atom stereocenters. The number of rotatable bonds is 16. The summed E-state index contributed by atoms with van der Waals surface area (Å²) in [6.07, 6.45) is 16.2. The third-order valence-electron chi connectivity index (χ3n) is 3.61. The Morgan fingerprint density at radius 2 is 1.11 bits per heavy atom. The third kappa shape index (κ3) is 17.9. The smallest absolute Gasteiger partial charge is 0.0466 e. The molecule has 0 aromatic rings. The minimum atomic E-state index is 0.978. The van der Waals surface area contributed by atoms with Crippen molar-refractivity contribution in [3.63, 3.8) is 0 Å². The molecular weight excluding hydrogens is 234 g/mol. The Kier molecular flexibility index (Phi) is 17.8. The van der Waals surface area contributed by atoms with Gasteiger partial charge in [-0.15, -0.1) is 0 Å². The maximum Gasteiger partial charge on any atom is 0.0466 e. The van der Waals surface area contributed by atoms with Crippen molar-refractivity contribution < 1.29 is 4.74 Å². The number of ether oxygens (including phenoxy) is 1. The average molecular weight is 271 g/mol. The van der Waals surface area contributed by atoms with E-state index < -0.39 is 0 Å². The fourth-order valence-electron chi connectivity index (χ4n) is 2.30. The van der Waals surface area contributed by atoms with Crippen LogP contribution in [-0.2, 0) is 4.74 Å². The molecule has 2 heteroatoms. The zero-order chi connectivity index (χ0) is 14.0. The minimum absolute atomic E-state index is 0.978. The highest BCUT2D eigenvalue weighted by molar-refractivity contribution is 4.47. The van der Waals surface area contributed by atoms with Gasteiger partial charge in [-0.3, -0.25) is 0 Å². The van der Waals surface area contributed by atoms with Crippen molar-refractivity contribution in [3.05, 3.63) is 0 Å². The lowest BCUT2D eigenvalue weighted by Gasteiger charge is -2.05. The topological polar surface area (TPSA) is 21.3 Å². The highest BCUT2D eigenvalue weighted by Crippen LogP contribution is 2.07. The Bertz CT molecular complexity index is 134. The molecule has 0 saturated heterocycles. The monoisotopic (exact) mass is 271 g/mol. The molecule has 0 amide bonds. The first-order valence-corrected chi connectivity index (χ1v) is 8.64. The van der Waals surface area contributed by atoms with Crippen molar-refractivity contribution >= 4 is 0 Å². The van der Waals surface area contributed by atoms with Crippen molar-refractivity contribution in [2.45, 2.75) is 84.0 Å². The number of hydrogen-bond donors (Lipinski definition) is 1. The van der Waals surface area contributed by atoms with Gasteiger partial charge < -0.3 is 10.1 Å². The molecule has 0 aliphatic heterocycles. The van der Waals surface area contributed by atoms with E-state index in [-0.39, 0.29) is 0 Å². The van der Waals surface area contributed by atoms with Crippen LogP contribution in [0.5, 0.6) is 0 Å². The Morgan fingerprint density at radius 3 is 1.63 bits per heavy atom. The lowest BCUT2D eigenvalue weighted by Crippen LogP contribution is -2.06. The lowest BCUT2D eigenvalue weighted by atomic mass is 10.1. The molecule has 116 valence electrons. The van der Waals surface area contributed by atoms with Gasteiger partial charge in [0.2, 0.25) is 0 Å². The molecule has 0 fully saturated rings. The van der Waals surface area contributed by atoms with Gasteiger partial charge in [0.15, 0.2) is 0 Å². The fraction of sp³-hybridized carbons (Fsp3) is 1.00. The second kappa shape index (κ2) is 17.9. The van der Waals surface area contributed by atoms with Crippen molar-refractivity contribution in [1.29, 1.82) is 0 Å². The fourth-order valence-corrected chi connectivity index (χ4v) is 2.30. The Balaban J connectivity index is 2.88. The van der Waals surface area contributed by atoms with Gasteiger partial charge in [-0.25, -0.2) is 0 Å². The first kappa shape index (κ1) is 18.9. The molecule has 0 saturated carbocycles.